The number of aromatic hydroxyl groups is 1. The Kier molecular flexibility index (Phi) is 10.6. The highest BCUT2D eigenvalue weighted by Crippen LogP contribution is 2.32. The predicted molar refractivity (Wildman–Crippen MR) is 156 cm³/mol. The summed E-state index contributed by atoms with van der Waals surface area (Å²) in [5.41, 5.74) is 3.08. The van der Waals surface area contributed by atoms with E-state index in [-0.39, 0.29) is 16.9 Å². The summed E-state index contributed by atoms with van der Waals surface area (Å²) < 4.78 is 6.96. The second-order valence-corrected chi connectivity index (χ2v) is 11.1. The molecule has 5 heteroatoms. The SMILES string of the molecule is CCCCCC[N+](C)(C)Cc1ccc2oc(-c3ccc(N(CCCC)CCCC)cc3)c(O)c(=O)c2c1. The average Bonchev–Trinajstić information content (AvgIpc) is 2.89. The zero-order chi connectivity index (χ0) is 26.8. The molecule has 0 unspecified atom stereocenters. The molecule has 0 amide bonds. The first-order valence-electron chi connectivity index (χ1n) is 14.3. The van der Waals surface area contributed by atoms with Gasteiger partial charge in [-0.1, -0.05) is 46.5 Å². The van der Waals surface area contributed by atoms with Gasteiger partial charge in [0.25, 0.3) is 0 Å². The number of anilines is 1. The third-order valence-electron chi connectivity index (χ3n) is 7.22. The molecule has 2 aromatic carbocycles. The van der Waals surface area contributed by atoms with E-state index in [0.29, 0.717) is 16.5 Å². The normalized spacial score (nSPS) is 11.8. The topological polar surface area (TPSA) is 53.7 Å². The van der Waals surface area contributed by atoms with Gasteiger partial charge in [0.05, 0.1) is 26.0 Å². The molecule has 0 atom stereocenters. The fraction of sp³-hybridized carbons (Fsp3) is 0.531. The first-order valence-corrected chi connectivity index (χ1v) is 14.3. The summed E-state index contributed by atoms with van der Waals surface area (Å²) in [5.74, 6) is -0.0861. The van der Waals surface area contributed by atoms with E-state index in [4.69, 9.17) is 4.42 Å². The van der Waals surface area contributed by atoms with Gasteiger partial charge in [-0.25, -0.2) is 0 Å². The summed E-state index contributed by atoms with van der Waals surface area (Å²) >= 11 is 0. The van der Waals surface area contributed by atoms with Crippen LogP contribution in [0.5, 0.6) is 5.75 Å². The zero-order valence-electron chi connectivity index (χ0n) is 23.7. The van der Waals surface area contributed by atoms with Gasteiger partial charge < -0.3 is 18.9 Å². The third kappa shape index (κ3) is 7.85. The van der Waals surface area contributed by atoms with E-state index in [9.17, 15) is 9.90 Å². The lowest BCUT2D eigenvalue weighted by Crippen LogP contribution is -2.39. The number of benzene rings is 2. The molecule has 3 rings (SSSR count). The van der Waals surface area contributed by atoms with Gasteiger partial charge in [0.1, 0.15) is 12.1 Å². The summed E-state index contributed by atoms with van der Waals surface area (Å²) in [5, 5.41) is 11.3. The molecule has 1 heterocycles. The minimum atomic E-state index is -0.372. The van der Waals surface area contributed by atoms with Crippen LogP contribution in [0.3, 0.4) is 0 Å². The molecule has 5 nitrogen and oxygen atoms in total. The minimum absolute atomic E-state index is 0.234. The van der Waals surface area contributed by atoms with Crippen molar-refractivity contribution in [2.75, 3.05) is 38.6 Å². The Morgan fingerprint density at radius 3 is 2.11 bits per heavy atom. The van der Waals surface area contributed by atoms with Crippen molar-refractivity contribution in [1.82, 2.24) is 0 Å². The highest BCUT2D eigenvalue weighted by Gasteiger charge is 2.19. The number of nitrogens with zero attached hydrogens (tertiary/aromatic N) is 2. The fourth-order valence-corrected chi connectivity index (χ4v) is 4.96. The van der Waals surface area contributed by atoms with Crippen LogP contribution >= 0.6 is 0 Å². The van der Waals surface area contributed by atoms with Gasteiger partial charge in [0, 0.05) is 29.9 Å². The van der Waals surface area contributed by atoms with Crippen molar-refractivity contribution < 1.29 is 14.0 Å². The summed E-state index contributed by atoms with van der Waals surface area (Å²) in [4.78, 5) is 15.6. The van der Waals surface area contributed by atoms with Gasteiger partial charge in [-0.2, -0.15) is 0 Å². The lowest BCUT2D eigenvalue weighted by atomic mass is 10.1. The van der Waals surface area contributed by atoms with Crippen molar-refractivity contribution in [3.8, 4) is 17.1 Å². The van der Waals surface area contributed by atoms with Crippen molar-refractivity contribution in [3.05, 3.63) is 58.3 Å². The van der Waals surface area contributed by atoms with E-state index in [1.807, 2.05) is 30.3 Å². The van der Waals surface area contributed by atoms with Crippen molar-refractivity contribution in [3.63, 3.8) is 0 Å². The maximum absolute atomic E-state index is 13.2. The van der Waals surface area contributed by atoms with Gasteiger partial charge in [-0.3, -0.25) is 4.79 Å². The van der Waals surface area contributed by atoms with Crippen molar-refractivity contribution in [2.24, 2.45) is 0 Å². The molecule has 0 aliphatic rings. The summed E-state index contributed by atoms with van der Waals surface area (Å²) in [6.45, 7) is 10.6. The van der Waals surface area contributed by atoms with Crippen LogP contribution in [0.2, 0.25) is 0 Å². The summed E-state index contributed by atoms with van der Waals surface area (Å²) in [6, 6.07) is 13.8. The van der Waals surface area contributed by atoms with Gasteiger partial charge in [0.2, 0.25) is 11.2 Å². The number of quaternary nitrogens is 1. The van der Waals surface area contributed by atoms with E-state index in [0.717, 1.165) is 67.6 Å². The summed E-state index contributed by atoms with van der Waals surface area (Å²) in [6.07, 6.45) is 9.60. The van der Waals surface area contributed by atoms with Crippen molar-refractivity contribution >= 4 is 16.7 Å². The standard InChI is InChI=1S/C32H46N2O3/c1-6-9-12-13-22-34(4,5)24-25-14-19-29-28(23-25)30(35)31(36)32(37-29)26-15-17-27(18-16-26)33(20-10-7-2)21-11-8-3/h14-19,23H,6-13,20-22,24H2,1-5H3/p+1. The Bertz CT molecular complexity index is 1170. The highest BCUT2D eigenvalue weighted by atomic mass is 16.4. The molecule has 202 valence electrons. The van der Waals surface area contributed by atoms with Crippen LogP contribution in [0, 0.1) is 0 Å². The Balaban J connectivity index is 1.83. The number of rotatable bonds is 15. The maximum atomic E-state index is 13.2. The monoisotopic (exact) mass is 507 g/mol. The molecule has 1 N–H and O–H groups in total. The van der Waals surface area contributed by atoms with E-state index in [2.05, 4.69) is 51.9 Å². The molecule has 0 radical (unpaired) electrons. The Labute approximate surface area is 223 Å². The molecule has 0 bridgehead atoms. The molecule has 0 saturated heterocycles. The number of fused-ring (bicyclic) bond motifs is 1. The molecule has 1 aromatic heterocycles. The van der Waals surface area contributed by atoms with E-state index >= 15 is 0 Å². The minimum Gasteiger partial charge on any atom is -0.502 e. The largest absolute Gasteiger partial charge is 0.502 e. The van der Waals surface area contributed by atoms with Gasteiger partial charge in [-0.15, -0.1) is 0 Å². The lowest BCUT2D eigenvalue weighted by Gasteiger charge is -2.30. The van der Waals surface area contributed by atoms with E-state index in [1.54, 1.807) is 0 Å². The molecule has 0 aliphatic carbocycles. The quantitative estimate of drug-likeness (QED) is 0.169. The second-order valence-electron chi connectivity index (χ2n) is 11.1. The highest BCUT2D eigenvalue weighted by molar-refractivity contribution is 5.82. The number of hydrogen-bond donors (Lipinski definition) is 1. The Hall–Kier alpha value is -2.79. The van der Waals surface area contributed by atoms with E-state index < -0.39 is 0 Å². The maximum Gasteiger partial charge on any atom is 0.235 e. The average molecular weight is 508 g/mol. The van der Waals surface area contributed by atoms with Crippen LogP contribution in [0.15, 0.2) is 51.7 Å². The molecular formula is C32H47N2O3+. The lowest BCUT2D eigenvalue weighted by molar-refractivity contribution is -0.903. The van der Waals surface area contributed by atoms with Crippen LogP contribution in [0.1, 0.15) is 77.7 Å². The van der Waals surface area contributed by atoms with Crippen molar-refractivity contribution in [1.29, 1.82) is 0 Å². The van der Waals surface area contributed by atoms with Gasteiger partial charge in [-0.05, 0) is 68.1 Å². The van der Waals surface area contributed by atoms with Crippen LogP contribution in [-0.4, -0.2) is 43.3 Å². The molecule has 0 spiro atoms. The van der Waals surface area contributed by atoms with Crippen LogP contribution in [-0.2, 0) is 6.54 Å². The predicted octanol–water partition coefficient (Wildman–Crippen LogP) is 7.73. The molecule has 0 saturated carbocycles. The van der Waals surface area contributed by atoms with Gasteiger partial charge in [0.15, 0.2) is 5.76 Å². The Morgan fingerprint density at radius 1 is 0.838 bits per heavy atom. The molecule has 3 aromatic rings. The number of unbranched alkanes of at least 4 members (excludes halogenated alkanes) is 5. The molecule has 0 aliphatic heterocycles. The second kappa shape index (κ2) is 13.7. The molecule has 0 fully saturated rings. The zero-order valence-corrected chi connectivity index (χ0v) is 23.7. The van der Waals surface area contributed by atoms with Crippen LogP contribution in [0.25, 0.3) is 22.3 Å². The summed E-state index contributed by atoms with van der Waals surface area (Å²) in [7, 11) is 4.46. The smallest absolute Gasteiger partial charge is 0.235 e. The molecule has 37 heavy (non-hydrogen) atoms. The third-order valence-corrected chi connectivity index (χ3v) is 7.22. The molecular weight excluding hydrogens is 460 g/mol. The van der Waals surface area contributed by atoms with Crippen LogP contribution < -0.4 is 10.3 Å². The first-order chi connectivity index (χ1) is 17.8. The fourth-order valence-electron chi connectivity index (χ4n) is 4.96. The van der Waals surface area contributed by atoms with Gasteiger partial charge >= 0.3 is 0 Å². The van der Waals surface area contributed by atoms with Crippen LogP contribution in [0.4, 0.5) is 5.69 Å². The Morgan fingerprint density at radius 2 is 1.49 bits per heavy atom. The van der Waals surface area contributed by atoms with Crippen molar-refractivity contribution in [2.45, 2.75) is 78.7 Å². The number of hydrogen-bond acceptors (Lipinski definition) is 4. The first kappa shape index (κ1) is 28.8. The van der Waals surface area contributed by atoms with E-state index in [1.165, 1.54) is 25.7 Å².